The van der Waals surface area contributed by atoms with Crippen LogP contribution >= 0.6 is 0 Å². The maximum absolute atomic E-state index is 13.1. The molecule has 0 spiro atoms. The Balaban J connectivity index is 1.93. The van der Waals surface area contributed by atoms with E-state index in [2.05, 4.69) is 5.32 Å². The van der Waals surface area contributed by atoms with Gasteiger partial charge in [-0.3, -0.25) is 4.79 Å². The van der Waals surface area contributed by atoms with Gasteiger partial charge in [-0.25, -0.2) is 4.39 Å². The highest BCUT2D eigenvalue weighted by atomic mass is 19.1. The zero-order valence-electron chi connectivity index (χ0n) is 14.3. The largest absolute Gasteiger partial charge is 0.497 e. The van der Waals surface area contributed by atoms with E-state index in [9.17, 15) is 9.18 Å². The average molecular weight is 347 g/mol. The lowest BCUT2D eigenvalue weighted by atomic mass is 10.0. The fraction of sp³-hybridized carbons (Fsp3) is 0.0455. The quantitative estimate of drug-likeness (QED) is 0.520. The van der Waals surface area contributed by atoms with Crippen LogP contribution in [0.25, 0.3) is 11.6 Å². The number of hydrogen-bond donors (Lipinski definition) is 1. The summed E-state index contributed by atoms with van der Waals surface area (Å²) in [6, 6.07) is 22.5. The molecule has 26 heavy (non-hydrogen) atoms. The summed E-state index contributed by atoms with van der Waals surface area (Å²) in [6.07, 6.45) is 1.81. The fourth-order valence-electron chi connectivity index (χ4n) is 2.50. The first-order valence-electron chi connectivity index (χ1n) is 8.14. The van der Waals surface area contributed by atoms with Gasteiger partial charge in [-0.15, -0.1) is 0 Å². The van der Waals surface area contributed by atoms with Crippen molar-refractivity contribution in [3.8, 4) is 5.75 Å². The summed E-state index contributed by atoms with van der Waals surface area (Å²) in [5.74, 6) is 0.137. The Hall–Kier alpha value is -3.40. The Morgan fingerprint density at radius 1 is 0.923 bits per heavy atom. The van der Waals surface area contributed by atoms with Crippen molar-refractivity contribution in [2.75, 3.05) is 12.4 Å². The van der Waals surface area contributed by atoms with E-state index in [1.54, 1.807) is 7.11 Å². The molecule has 0 bridgehead atoms. The van der Waals surface area contributed by atoms with Crippen LogP contribution in [0.5, 0.6) is 5.75 Å². The highest BCUT2D eigenvalue weighted by molar-refractivity contribution is 6.29. The molecule has 0 aromatic heterocycles. The van der Waals surface area contributed by atoms with Crippen molar-refractivity contribution >= 4 is 23.2 Å². The molecule has 0 heterocycles. The molecule has 0 fully saturated rings. The molecular weight excluding hydrogens is 329 g/mol. The van der Waals surface area contributed by atoms with Crippen molar-refractivity contribution in [1.29, 1.82) is 0 Å². The Morgan fingerprint density at radius 3 is 2.19 bits per heavy atom. The molecule has 3 aromatic carbocycles. The number of hydrogen-bond acceptors (Lipinski definition) is 2. The zero-order valence-corrected chi connectivity index (χ0v) is 14.3. The third-order valence-corrected chi connectivity index (χ3v) is 3.86. The third-order valence-electron chi connectivity index (χ3n) is 3.86. The Morgan fingerprint density at radius 2 is 1.58 bits per heavy atom. The Kier molecular flexibility index (Phi) is 5.44. The van der Waals surface area contributed by atoms with Crippen molar-refractivity contribution in [3.05, 3.63) is 95.8 Å². The van der Waals surface area contributed by atoms with Crippen molar-refractivity contribution in [3.63, 3.8) is 0 Å². The van der Waals surface area contributed by atoms with E-state index in [-0.39, 0.29) is 11.7 Å². The second-order valence-corrected chi connectivity index (χ2v) is 5.66. The molecule has 3 nitrogen and oxygen atoms in total. The molecule has 1 amide bonds. The lowest BCUT2D eigenvalue weighted by molar-refractivity contribution is -0.111. The summed E-state index contributed by atoms with van der Waals surface area (Å²) in [5.41, 5.74) is 2.72. The lowest BCUT2D eigenvalue weighted by Gasteiger charge is -2.10. The predicted molar refractivity (Wildman–Crippen MR) is 102 cm³/mol. The maximum atomic E-state index is 13.1. The van der Waals surface area contributed by atoms with Gasteiger partial charge in [0.25, 0.3) is 5.91 Å². The summed E-state index contributed by atoms with van der Waals surface area (Å²) in [5, 5.41) is 2.81. The molecule has 3 rings (SSSR count). The van der Waals surface area contributed by atoms with Crippen molar-refractivity contribution in [2.24, 2.45) is 0 Å². The summed E-state index contributed by atoms with van der Waals surface area (Å²) in [4.78, 5) is 12.8. The normalized spacial score (nSPS) is 11.1. The van der Waals surface area contributed by atoms with Crippen LogP contribution in [-0.2, 0) is 4.79 Å². The number of benzene rings is 3. The van der Waals surface area contributed by atoms with Gasteiger partial charge in [-0.2, -0.15) is 0 Å². The number of anilines is 1. The van der Waals surface area contributed by atoms with Gasteiger partial charge < -0.3 is 10.1 Å². The molecule has 3 aromatic rings. The van der Waals surface area contributed by atoms with Crippen molar-refractivity contribution in [2.45, 2.75) is 0 Å². The first kappa shape index (κ1) is 17.4. The van der Waals surface area contributed by atoms with Gasteiger partial charge in [0.2, 0.25) is 0 Å². The molecule has 1 N–H and O–H groups in total. The fourth-order valence-corrected chi connectivity index (χ4v) is 2.50. The summed E-state index contributed by atoms with van der Waals surface area (Å²) < 4.78 is 18.2. The molecule has 0 saturated carbocycles. The van der Waals surface area contributed by atoms with Crippen LogP contribution in [0.1, 0.15) is 11.1 Å². The molecule has 0 atom stereocenters. The van der Waals surface area contributed by atoms with Crippen LogP contribution in [0.3, 0.4) is 0 Å². The zero-order chi connectivity index (χ0) is 18.4. The van der Waals surface area contributed by atoms with Crippen LogP contribution in [0, 0.1) is 5.82 Å². The van der Waals surface area contributed by atoms with Crippen LogP contribution in [0.4, 0.5) is 10.1 Å². The molecule has 0 aliphatic heterocycles. The van der Waals surface area contributed by atoms with Gasteiger partial charge in [0.1, 0.15) is 11.6 Å². The van der Waals surface area contributed by atoms with Gasteiger partial charge >= 0.3 is 0 Å². The van der Waals surface area contributed by atoms with Crippen molar-refractivity contribution < 1.29 is 13.9 Å². The van der Waals surface area contributed by atoms with Crippen LogP contribution in [-0.4, -0.2) is 13.0 Å². The first-order valence-corrected chi connectivity index (χ1v) is 8.14. The number of halogens is 1. The average Bonchev–Trinajstić information content (AvgIpc) is 2.69. The van der Waals surface area contributed by atoms with E-state index in [1.807, 2.05) is 60.7 Å². The lowest BCUT2D eigenvalue weighted by Crippen LogP contribution is -2.13. The molecule has 0 saturated heterocycles. The summed E-state index contributed by atoms with van der Waals surface area (Å²) >= 11 is 0. The van der Waals surface area contributed by atoms with Crippen LogP contribution in [0.15, 0.2) is 78.9 Å². The molecular formula is C22H18FNO2. The van der Waals surface area contributed by atoms with E-state index in [0.717, 1.165) is 16.9 Å². The van der Waals surface area contributed by atoms with E-state index in [0.29, 0.717) is 11.3 Å². The standard InChI is InChI=1S/C22H18FNO2/c1-26-20-13-7-16(8-14-20)15-21(17-5-3-2-4-6-17)22(25)24-19-11-9-18(23)10-12-19/h2-15H,1H3,(H,24,25)/b21-15+. The van der Waals surface area contributed by atoms with Crippen LogP contribution in [0.2, 0.25) is 0 Å². The minimum absolute atomic E-state index is 0.265. The molecule has 0 aliphatic rings. The number of rotatable bonds is 5. The van der Waals surface area contributed by atoms with E-state index < -0.39 is 0 Å². The minimum Gasteiger partial charge on any atom is -0.497 e. The highest BCUT2D eigenvalue weighted by Crippen LogP contribution is 2.22. The maximum Gasteiger partial charge on any atom is 0.256 e. The monoisotopic (exact) mass is 347 g/mol. The van der Waals surface area contributed by atoms with E-state index in [1.165, 1.54) is 24.3 Å². The first-order chi connectivity index (χ1) is 12.7. The molecule has 0 aliphatic carbocycles. The van der Waals surface area contributed by atoms with Gasteiger partial charge in [-0.05, 0) is 53.6 Å². The molecule has 0 unspecified atom stereocenters. The topological polar surface area (TPSA) is 38.3 Å². The summed E-state index contributed by atoms with van der Waals surface area (Å²) in [7, 11) is 1.61. The van der Waals surface area contributed by atoms with Gasteiger partial charge in [-0.1, -0.05) is 42.5 Å². The second-order valence-electron chi connectivity index (χ2n) is 5.66. The second kappa shape index (κ2) is 8.12. The number of nitrogens with one attached hydrogen (secondary N) is 1. The number of carbonyl (C=O) groups is 1. The van der Waals surface area contributed by atoms with Crippen molar-refractivity contribution in [1.82, 2.24) is 0 Å². The van der Waals surface area contributed by atoms with E-state index in [4.69, 9.17) is 4.74 Å². The number of carbonyl (C=O) groups excluding carboxylic acids is 1. The third kappa shape index (κ3) is 4.36. The summed E-state index contributed by atoms with van der Waals surface area (Å²) in [6.45, 7) is 0. The van der Waals surface area contributed by atoms with Gasteiger partial charge in [0.05, 0.1) is 7.11 Å². The Labute approximate surface area is 151 Å². The highest BCUT2D eigenvalue weighted by Gasteiger charge is 2.12. The molecule has 130 valence electrons. The van der Waals surface area contributed by atoms with Gasteiger partial charge in [0.15, 0.2) is 0 Å². The number of methoxy groups -OCH3 is 1. The molecule has 4 heteroatoms. The number of amides is 1. The predicted octanol–water partition coefficient (Wildman–Crippen LogP) is 5.01. The Bertz CT molecular complexity index is 901. The number of ether oxygens (including phenoxy) is 1. The van der Waals surface area contributed by atoms with E-state index >= 15 is 0 Å². The van der Waals surface area contributed by atoms with Crippen LogP contribution < -0.4 is 10.1 Å². The van der Waals surface area contributed by atoms with Gasteiger partial charge in [0, 0.05) is 11.3 Å². The SMILES string of the molecule is COc1ccc(/C=C(/C(=O)Nc2ccc(F)cc2)c2ccccc2)cc1. The minimum atomic E-state index is -0.347. The smallest absolute Gasteiger partial charge is 0.256 e. The molecule has 0 radical (unpaired) electrons.